The molecule has 0 unspecified atom stereocenters. The third-order valence-corrected chi connectivity index (χ3v) is 6.78. The van der Waals surface area contributed by atoms with E-state index in [1.165, 1.54) is 22.3 Å². The Balaban J connectivity index is 1.91. The lowest BCUT2D eigenvalue weighted by molar-refractivity contribution is -0.132. The van der Waals surface area contributed by atoms with Gasteiger partial charge in [0.1, 0.15) is 11.5 Å². The lowest BCUT2D eigenvalue weighted by atomic mass is 9.95. The van der Waals surface area contributed by atoms with E-state index >= 15 is 0 Å². The van der Waals surface area contributed by atoms with Crippen LogP contribution in [0.1, 0.15) is 41.6 Å². The number of aromatic hydroxyl groups is 1. The Morgan fingerprint density at radius 3 is 2.34 bits per heavy atom. The molecule has 1 atom stereocenters. The Morgan fingerprint density at radius 1 is 1.06 bits per heavy atom. The number of aromatic nitrogens is 1. The molecule has 3 aromatic rings. The van der Waals surface area contributed by atoms with Crippen molar-refractivity contribution in [2.24, 2.45) is 0 Å². The summed E-state index contributed by atoms with van der Waals surface area (Å²) in [5, 5.41) is 21.8. The molecule has 0 aliphatic carbocycles. The number of carbonyl (C=O) groups excluding carboxylic acids is 2. The van der Waals surface area contributed by atoms with Gasteiger partial charge in [0.2, 0.25) is 0 Å². The topological polar surface area (TPSA) is 109 Å². The van der Waals surface area contributed by atoms with Gasteiger partial charge in [-0.25, -0.2) is 4.98 Å². The van der Waals surface area contributed by atoms with Crippen LogP contribution in [0.2, 0.25) is 0 Å². The molecule has 0 spiro atoms. The van der Waals surface area contributed by atoms with E-state index in [9.17, 15) is 19.8 Å². The molecule has 1 aliphatic heterocycles. The first-order valence-corrected chi connectivity index (χ1v) is 12.0. The number of rotatable bonds is 7. The molecule has 9 heteroatoms. The van der Waals surface area contributed by atoms with Crippen molar-refractivity contribution in [3.05, 3.63) is 69.7 Å². The van der Waals surface area contributed by atoms with Crippen LogP contribution >= 0.6 is 11.3 Å². The molecule has 1 saturated heterocycles. The zero-order valence-corrected chi connectivity index (χ0v) is 20.7. The predicted octanol–water partition coefficient (Wildman–Crippen LogP) is 4.89. The van der Waals surface area contributed by atoms with E-state index in [0.717, 1.165) is 10.6 Å². The predicted molar refractivity (Wildman–Crippen MR) is 133 cm³/mol. The number of ketones is 1. The summed E-state index contributed by atoms with van der Waals surface area (Å²) < 4.78 is 11.0. The minimum absolute atomic E-state index is 0.0694. The van der Waals surface area contributed by atoms with Crippen LogP contribution in [0.25, 0.3) is 5.76 Å². The van der Waals surface area contributed by atoms with Crippen molar-refractivity contribution in [1.82, 2.24) is 4.98 Å². The molecule has 1 amide bonds. The number of benzene rings is 2. The molecular weight excluding hydrogens is 468 g/mol. The number of aliphatic hydroxyl groups excluding tert-OH is 1. The third-order valence-electron chi connectivity index (χ3n) is 5.71. The Bertz CT molecular complexity index is 1290. The molecule has 0 saturated carbocycles. The van der Waals surface area contributed by atoms with Crippen molar-refractivity contribution in [3.63, 3.8) is 0 Å². The van der Waals surface area contributed by atoms with Crippen LogP contribution < -0.4 is 14.4 Å². The van der Waals surface area contributed by atoms with Gasteiger partial charge < -0.3 is 19.7 Å². The maximum Gasteiger partial charge on any atom is 0.301 e. The average Bonchev–Trinajstić information content (AvgIpc) is 3.30. The zero-order valence-electron chi connectivity index (χ0n) is 19.9. The number of Topliss-reactive ketones (excluding diaryl/α,β-unsaturated/α-hetero) is 1. The number of anilines is 1. The van der Waals surface area contributed by atoms with Gasteiger partial charge in [-0.05, 0) is 69.7 Å². The fourth-order valence-electron chi connectivity index (χ4n) is 3.91. The van der Waals surface area contributed by atoms with Gasteiger partial charge in [-0.15, -0.1) is 11.3 Å². The normalized spacial score (nSPS) is 17.1. The van der Waals surface area contributed by atoms with Crippen molar-refractivity contribution in [3.8, 4) is 17.2 Å². The second-order valence-corrected chi connectivity index (χ2v) is 9.11. The lowest BCUT2D eigenvalue weighted by Crippen LogP contribution is -2.29. The third kappa shape index (κ3) is 4.46. The SMILES string of the molecule is CCOc1ccc(/C(O)=C2\C(=O)C(=O)N(c3nc(C)c(C)s3)[C@@H]2c2ccc(O)c(OCC)c2)cc1. The first-order chi connectivity index (χ1) is 16.8. The first-order valence-electron chi connectivity index (χ1n) is 11.2. The second-order valence-electron chi connectivity index (χ2n) is 7.92. The number of hydrogen-bond donors (Lipinski definition) is 2. The van der Waals surface area contributed by atoms with Gasteiger partial charge in [0.25, 0.3) is 5.78 Å². The molecule has 4 rings (SSSR count). The number of nitrogens with zero attached hydrogens (tertiary/aromatic N) is 2. The highest BCUT2D eigenvalue weighted by Crippen LogP contribution is 2.45. The van der Waals surface area contributed by atoms with Crippen LogP contribution in [-0.4, -0.2) is 40.1 Å². The van der Waals surface area contributed by atoms with E-state index in [2.05, 4.69) is 4.98 Å². The summed E-state index contributed by atoms with van der Waals surface area (Å²) in [6.45, 7) is 8.17. The van der Waals surface area contributed by atoms with Gasteiger partial charge in [-0.1, -0.05) is 6.07 Å². The highest BCUT2D eigenvalue weighted by atomic mass is 32.1. The number of ether oxygens (including phenoxy) is 2. The minimum Gasteiger partial charge on any atom is -0.507 e. The quantitative estimate of drug-likeness (QED) is 0.273. The van der Waals surface area contributed by atoms with Gasteiger partial charge in [-0.3, -0.25) is 14.5 Å². The van der Waals surface area contributed by atoms with Gasteiger partial charge in [0.05, 0.1) is 30.5 Å². The maximum absolute atomic E-state index is 13.3. The molecule has 1 aromatic heterocycles. The molecule has 1 aliphatic rings. The Morgan fingerprint density at radius 2 is 1.74 bits per heavy atom. The van der Waals surface area contributed by atoms with E-state index < -0.39 is 17.7 Å². The fraction of sp³-hybridized carbons (Fsp3) is 0.269. The van der Waals surface area contributed by atoms with Crippen LogP contribution in [0.15, 0.2) is 48.0 Å². The summed E-state index contributed by atoms with van der Waals surface area (Å²) >= 11 is 1.29. The summed E-state index contributed by atoms with van der Waals surface area (Å²) in [6, 6.07) is 10.3. The summed E-state index contributed by atoms with van der Waals surface area (Å²) in [6.07, 6.45) is 0. The summed E-state index contributed by atoms with van der Waals surface area (Å²) in [7, 11) is 0. The molecule has 182 valence electrons. The fourth-order valence-corrected chi connectivity index (χ4v) is 4.84. The Kier molecular flexibility index (Phi) is 6.79. The van der Waals surface area contributed by atoms with Crippen LogP contribution in [0.5, 0.6) is 17.2 Å². The van der Waals surface area contributed by atoms with Gasteiger partial charge in [-0.2, -0.15) is 0 Å². The van der Waals surface area contributed by atoms with Crippen molar-refractivity contribution in [1.29, 1.82) is 0 Å². The molecule has 0 radical (unpaired) electrons. The van der Waals surface area contributed by atoms with E-state index in [-0.39, 0.29) is 22.8 Å². The van der Waals surface area contributed by atoms with Gasteiger partial charge in [0.15, 0.2) is 16.6 Å². The number of phenolic OH excluding ortho intramolecular Hbond substituents is 1. The Labute approximate surface area is 207 Å². The van der Waals surface area contributed by atoms with Crippen LogP contribution in [0, 0.1) is 13.8 Å². The first kappa shape index (κ1) is 24.3. The second kappa shape index (κ2) is 9.79. The smallest absolute Gasteiger partial charge is 0.301 e. The van der Waals surface area contributed by atoms with Gasteiger partial charge >= 0.3 is 5.91 Å². The average molecular weight is 495 g/mol. The molecule has 35 heavy (non-hydrogen) atoms. The molecule has 8 nitrogen and oxygen atoms in total. The van der Waals surface area contributed by atoms with E-state index in [1.54, 1.807) is 43.3 Å². The highest BCUT2D eigenvalue weighted by molar-refractivity contribution is 7.16. The van der Waals surface area contributed by atoms with Crippen molar-refractivity contribution >= 4 is 33.9 Å². The van der Waals surface area contributed by atoms with Crippen LogP contribution in [-0.2, 0) is 9.59 Å². The summed E-state index contributed by atoms with van der Waals surface area (Å²) in [5.74, 6) is -1.16. The van der Waals surface area contributed by atoms with Crippen LogP contribution in [0.4, 0.5) is 5.13 Å². The van der Waals surface area contributed by atoms with Crippen LogP contribution in [0.3, 0.4) is 0 Å². The number of carbonyl (C=O) groups is 2. The number of amides is 1. The monoisotopic (exact) mass is 494 g/mol. The molecule has 2 aromatic carbocycles. The zero-order chi connectivity index (χ0) is 25.3. The number of hydrogen-bond acceptors (Lipinski definition) is 8. The van der Waals surface area contributed by atoms with E-state index in [1.807, 2.05) is 20.8 Å². The Hall–Kier alpha value is -3.85. The molecule has 2 N–H and O–H groups in total. The summed E-state index contributed by atoms with van der Waals surface area (Å²) in [4.78, 5) is 33.3. The number of thiazole rings is 1. The molecular formula is C26H26N2O6S. The lowest BCUT2D eigenvalue weighted by Gasteiger charge is -2.23. The molecule has 2 heterocycles. The van der Waals surface area contributed by atoms with Crippen molar-refractivity contribution in [2.75, 3.05) is 18.1 Å². The summed E-state index contributed by atoms with van der Waals surface area (Å²) in [5.41, 5.74) is 1.53. The largest absolute Gasteiger partial charge is 0.507 e. The molecule has 0 bridgehead atoms. The maximum atomic E-state index is 13.3. The minimum atomic E-state index is -0.966. The standard InChI is InChI=1S/C26H26N2O6S/c1-5-33-18-10-7-16(8-11-18)23(30)21-22(17-9-12-19(29)20(13-17)34-6-2)28(25(32)24(21)31)26-27-14(3)15(4)35-26/h7-13,22,29-30H,5-6H2,1-4H3/b23-21+/t22-/m1/s1. The van der Waals surface area contributed by atoms with E-state index in [4.69, 9.17) is 9.47 Å². The molecule has 1 fully saturated rings. The highest BCUT2D eigenvalue weighted by Gasteiger charge is 2.48. The van der Waals surface area contributed by atoms with Crippen molar-refractivity contribution in [2.45, 2.75) is 33.7 Å². The van der Waals surface area contributed by atoms with Gasteiger partial charge in [0, 0.05) is 10.4 Å². The number of aryl methyl sites for hydroxylation is 2. The van der Waals surface area contributed by atoms with E-state index in [0.29, 0.717) is 35.2 Å². The number of phenols is 1. The number of aliphatic hydroxyl groups is 1. The van der Waals surface area contributed by atoms with Crippen molar-refractivity contribution < 1.29 is 29.3 Å².